The number of amides is 1. The number of aliphatic hydroxyl groups excluding tert-OH is 1. The maximum atomic E-state index is 11.9. The second-order valence-corrected chi connectivity index (χ2v) is 5.59. The third-order valence-electron chi connectivity index (χ3n) is 3.13. The van der Waals surface area contributed by atoms with E-state index >= 15 is 0 Å². The predicted octanol–water partition coefficient (Wildman–Crippen LogP) is 2.72. The number of phenolic OH excluding ortho intramolecular Hbond substituents is 1. The van der Waals surface area contributed by atoms with Crippen molar-refractivity contribution in [3.8, 4) is 5.75 Å². The molecule has 0 fully saturated rings. The quantitative estimate of drug-likeness (QED) is 0.577. The number of halogens is 1. The molecule has 0 saturated carbocycles. The van der Waals surface area contributed by atoms with E-state index in [4.69, 9.17) is 0 Å². The lowest BCUT2D eigenvalue weighted by atomic mass is 10.0. The van der Waals surface area contributed by atoms with E-state index in [1.807, 2.05) is 6.07 Å². The van der Waals surface area contributed by atoms with Crippen molar-refractivity contribution in [3.63, 3.8) is 0 Å². The molecule has 0 spiro atoms. The molecule has 0 aliphatic carbocycles. The molecule has 0 radical (unpaired) electrons. The number of hydrogen-bond donors (Lipinski definition) is 3. The molecule has 2 aromatic rings. The van der Waals surface area contributed by atoms with E-state index in [0.717, 1.165) is 4.47 Å². The molecule has 0 bridgehead atoms. The Balaban J connectivity index is 2.16. The van der Waals surface area contributed by atoms with Gasteiger partial charge < -0.3 is 10.2 Å². The Morgan fingerprint density at radius 3 is 2.82 bits per heavy atom. The molecule has 0 heterocycles. The number of aromatic hydroxyl groups is 1. The van der Waals surface area contributed by atoms with E-state index in [1.54, 1.807) is 37.3 Å². The van der Waals surface area contributed by atoms with Gasteiger partial charge in [0.1, 0.15) is 5.75 Å². The molecular weight excluding hydrogens is 348 g/mol. The number of hydrogen-bond acceptors (Lipinski definition) is 4. The number of hydrazone groups is 1. The molecule has 22 heavy (non-hydrogen) atoms. The number of phenols is 1. The average Bonchev–Trinajstić information content (AvgIpc) is 2.51. The minimum absolute atomic E-state index is 0.0343. The van der Waals surface area contributed by atoms with Crippen LogP contribution < -0.4 is 5.43 Å². The molecule has 2 aromatic carbocycles. The first-order valence-corrected chi connectivity index (χ1v) is 7.33. The van der Waals surface area contributed by atoms with E-state index in [1.165, 1.54) is 6.21 Å². The van der Waals surface area contributed by atoms with Gasteiger partial charge in [-0.15, -0.1) is 0 Å². The third-order valence-corrected chi connectivity index (χ3v) is 3.62. The monoisotopic (exact) mass is 362 g/mol. The topological polar surface area (TPSA) is 81.9 Å². The van der Waals surface area contributed by atoms with Gasteiger partial charge in [0.05, 0.1) is 12.8 Å². The van der Waals surface area contributed by atoms with Gasteiger partial charge in [-0.1, -0.05) is 34.1 Å². The van der Waals surface area contributed by atoms with Crippen molar-refractivity contribution in [2.24, 2.45) is 5.10 Å². The maximum Gasteiger partial charge on any atom is 0.271 e. The summed E-state index contributed by atoms with van der Waals surface area (Å²) in [6.45, 7) is 1.52. The Labute approximate surface area is 136 Å². The average molecular weight is 363 g/mol. The van der Waals surface area contributed by atoms with Gasteiger partial charge in [0, 0.05) is 15.6 Å². The summed E-state index contributed by atoms with van der Waals surface area (Å²) >= 11 is 3.29. The van der Waals surface area contributed by atoms with Crippen molar-refractivity contribution in [1.82, 2.24) is 5.43 Å². The molecular formula is C16H15BrN2O3. The zero-order chi connectivity index (χ0) is 16.1. The van der Waals surface area contributed by atoms with Crippen LogP contribution in [0.4, 0.5) is 0 Å². The Morgan fingerprint density at radius 1 is 1.36 bits per heavy atom. The standard InChI is InChI=1S/C16H15BrN2O3/c1-10-5-6-12(9-20)14(15(10)21)8-18-19-16(22)11-3-2-4-13(17)7-11/h2-8,20-21H,9H2,1H3,(H,19,22)/b18-8+. The van der Waals surface area contributed by atoms with Gasteiger partial charge in [-0.25, -0.2) is 5.43 Å². The van der Waals surface area contributed by atoms with E-state index in [0.29, 0.717) is 22.3 Å². The number of nitrogens with zero attached hydrogens (tertiary/aromatic N) is 1. The lowest BCUT2D eigenvalue weighted by Crippen LogP contribution is -2.17. The van der Waals surface area contributed by atoms with Gasteiger partial charge in [0.25, 0.3) is 5.91 Å². The van der Waals surface area contributed by atoms with Crippen LogP contribution in [-0.4, -0.2) is 22.3 Å². The largest absolute Gasteiger partial charge is 0.507 e. The first-order chi connectivity index (χ1) is 10.5. The van der Waals surface area contributed by atoms with Gasteiger partial charge in [0.2, 0.25) is 0 Å². The van der Waals surface area contributed by atoms with Crippen molar-refractivity contribution in [2.75, 3.05) is 0 Å². The number of carbonyl (C=O) groups excluding carboxylic acids is 1. The summed E-state index contributed by atoms with van der Waals surface area (Å²) in [6, 6.07) is 10.3. The smallest absolute Gasteiger partial charge is 0.271 e. The summed E-state index contributed by atoms with van der Waals surface area (Å²) in [5.41, 5.74) is 4.43. The summed E-state index contributed by atoms with van der Waals surface area (Å²) in [7, 11) is 0. The van der Waals surface area contributed by atoms with E-state index in [9.17, 15) is 15.0 Å². The lowest BCUT2D eigenvalue weighted by molar-refractivity contribution is 0.0955. The summed E-state index contributed by atoms with van der Waals surface area (Å²) in [6.07, 6.45) is 1.32. The molecule has 0 atom stereocenters. The third kappa shape index (κ3) is 3.72. The van der Waals surface area contributed by atoms with Crippen molar-refractivity contribution in [3.05, 3.63) is 63.1 Å². The summed E-state index contributed by atoms with van der Waals surface area (Å²) in [5.74, 6) is -0.331. The van der Waals surface area contributed by atoms with Crippen LogP contribution in [0.25, 0.3) is 0 Å². The number of carbonyl (C=O) groups is 1. The van der Waals surface area contributed by atoms with Gasteiger partial charge in [-0.05, 0) is 36.2 Å². The number of rotatable bonds is 4. The number of benzene rings is 2. The molecule has 6 heteroatoms. The molecule has 0 saturated heterocycles. The van der Waals surface area contributed by atoms with Crippen molar-refractivity contribution in [2.45, 2.75) is 13.5 Å². The highest BCUT2D eigenvalue weighted by molar-refractivity contribution is 9.10. The zero-order valence-corrected chi connectivity index (χ0v) is 13.5. The maximum absolute atomic E-state index is 11.9. The number of nitrogens with one attached hydrogen (secondary N) is 1. The lowest BCUT2D eigenvalue weighted by Gasteiger charge is -2.08. The molecule has 2 rings (SSSR count). The molecule has 114 valence electrons. The Hall–Kier alpha value is -2.18. The Bertz CT molecular complexity index is 729. The first kappa shape index (κ1) is 16.2. The highest BCUT2D eigenvalue weighted by Crippen LogP contribution is 2.24. The van der Waals surface area contributed by atoms with E-state index < -0.39 is 0 Å². The Morgan fingerprint density at radius 2 is 2.14 bits per heavy atom. The van der Waals surface area contributed by atoms with Crippen molar-refractivity contribution >= 4 is 28.1 Å². The van der Waals surface area contributed by atoms with Crippen LogP contribution in [0.2, 0.25) is 0 Å². The van der Waals surface area contributed by atoms with Gasteiger partial charge in [0.15, 0.2) is 0 Å². The van der Waals surface area contributed by atoms with Gasteiger partial charge in [-0.2, -0.15) is 5.10 Å². The van der Waals surface area contributed by atoms with Gasteiger partial charge >= 0.3 is 0 Å². The Kier molecular flexibility index (Phi) is 5.30. The van der Waals surface area contributed by atoms with Crippen LogP contribution in [0.5, 0.6) is 5.75 Å². The van der Waals surface area contributed by atoms with Crippen LogP contribution in [0.1, 0.15) is 27.0 Å². The molecule has 5 nitrogen and oxygen atoms in total. The molecule has 0 aliphatic heterocycles. The second-order valence-electron chi connectivity index (χ2n) is 4.67. The summed E-state index contributed by atoms with van der Waals surface area (Å²) in [4.78, 5) is 11.9. The van der Waals surface area contributed by atoms with Crippen LogP contribution in [0.3, 0.4) is 0 Å². The van der Waals surface area contributed by atoms with Crippen molar-refractivity contribution < 1.29 is 15.0 Å². The molecule has 1 amide bonds. The summed E-state index contributed by atoms with van der Waals surface area (Å²) < 4.78 is 0.794. The first-order valence-electron chi connectivity index (χ1n) is 6.54. The number of aryl methyl sites for hydroxylation is 1. The minimum atomic E-state index is -0.366. The highest BCUT2D eigenvalue weighted by Gasteiger charge is 2.08. The normalized spacial score (nSPS) is 10.9. The predicted molar refractivity (Wildman–Crippen MR) is 88.0 cm³/mol. The molecule has 0 aliphatic rings. The molecule has 0 aromatic heterocycles. The van der Waals surface area contributed by atoms with Crippen LogP contribution in [0.15, 0.2) is 46.0 Å². The second kappa shape index (κ2) is 7.20. The highest BCUT2D eigenvalue weighted by atomic mass is 79.9. The van der Waals surface area contributed by atoms with E-state index in [2.05, 4.69) is 26.5 Å². The van der Waals surface area contributed by atoms with Gasteiger partial charge in [-0.3, -0.25) is 4.79 Å². The fourth-order valence-electron chi connectivity index (χ4n) is 1.89. The number of aliphatic hydroxyl groups is 1. The van der Waals surface area contributed by atoms with Crippen LogP contribution in [-0.2, 0) is 6.61 Å². The van der Waals surface area contributed by atoms with Crippen LogP contribution in [0, 0.1) is 6.92 Å². The fourth-order valence-corrected chi connectivity index (χ4v) is 2.29. The van der Waals surface area contributed by atoms with E-state index in [-0.39, 0.29) is 18.3 Å². The minimum Gasteiger partial charge on any atom is -0.507 e. The van der Waals surface area contributed by atoms with Crippen LogP contribution >= 0.6 is 15.9 Å². The summed E-state index contributed by atoms with van der Waals surface area (Å²) in [5, 5.41) is 23.1. The zero-order valence-electron chi connectivity index (χ0n) is 11.9. The SMILES string of the molecule is Cc1ccc(CO)c(/C=N/NC(=O)c2cccc(Br)c2)c1O. The fraction of sp³-hybridized carbons (Fsp3) is 0.125. The molecule has 0 unspecified atom stereocenters. The molecule has 3 N–H and O–H groups in total. The van der Waals surface area contributed by atoms with Crippen molar-refractivity contribution in [1.29, 1.82) is 0 Å².